The van der Waals surface area contributed by atoms with Crippen molar-refractivity contribution in [2.24, 2.45) is 11.3 Å². The summed E-state index contributed by atoms with van der Waals surface area (Å²) in [6.45, 7) is 9.90. The number of benzene rings is 1. The second kappa shape index (κ2) is 8.12. The number of hydrogen-bond donors (Lipinski definition) is 2. The van der Waals surface area contributed by atoms with Crippen LogP contribution in [0.2, 0.25) is 0 Å². The molecule has 26 heavy (non-hydrogen) atoms. The molecule has 1 aliphatic rings. The van der Waals surface area contributed by atoms with Gasteiger partial charge in [0, 0.05) is 22.4 Å². The summed E-state index contributed by atoms with van der Waals surface area (Å²) in [5.41, 5.74) is 1.11. The summed E-state index contributed by atoms with van der Waals surface area (Å²) in [6.07, 6.45) is 6.72. The summed E-state index contributed by atoms with van der Waals surface area (Å²) in [4.78, 5) is 9.61. The Morgan fingerprint density at radius 1 is 1.15 bits per heavy atom. The van der Waals surface area contributed by atoms with Crippen LogP contribution in [-0.2, 0) is 0 Å². The number of anilines is 2. The first-order valence-corrected chi connectivity index (χ1v) is 10.6. The molecular weight excluding hydrogens is 388 g/mol. The Morgan fingerprint density at radius 3 is 2.58 bits per heavy atom. The molecule has 0 bridgehead atoms. The van der Waals surface area contributed by atoms with Gasteiger partial charge in [0.15, 0.2) is 0 Å². The van der Waals surface area contributed by atoms with Crippen molar-refractivity contribution in [2.45, 2.75) is 65.8 Å². The van der Waals surface area contributed by atoms with E-state index in [0.717, 1.165) is 39.6 Å². The van der Waals surface area contributed by atoms with Crippen molar-refractivity contribution >= 4 is 38.6 Å². The zero-order valence-corrected chi connectivity index (χ0v) is 18.0. The number of para-hydroxylation sites is 1. The van der Waals surface area contributed by atoms with Crippen molar-refractivity contribution in [1.29, 1.82) is 0 Å². The highest BCUT2D eigenvalue weighted by atomic mass is 79.9. The number of nitrogens with zero attached hydrogens (tertiary/aromatic N) is 2. The van der Waals surface area contributed by atoms with Crippen molar-refractivity contribution in [3.05, 3.63) is 22.7 Å². The van der Waals surface area contributed by atoms with Crippen LogP contribution < -0.4 is 10.6 Å². The Kier molecular flexibility index (Phi) is 6.06. The van der Waals surface area contributed by atoms with Gasteiger partial charge in [-0.05, 0) is 59.2 Å². The molecular formula is C21H31BrN4. The Morgan fingerprint density at radius 2 is 1.88 bits per heavy atom. The molecule has 0 radical (unpaired) electrons. The minimum absolute atomic E-state index is 0.152. The number of hydrogen-bond acceptors (Lipinski definition) is 4. The minimum atomic E-state index is 0.152. The van der Waals surface area contributed by atoms with Crippen LogP contribution in [0.25, 0.3) is 10.9 Å². The maximum absolute atomic E-state index is 4.83. The SMILES string of the molecule is C[C@@H](Nc1nc(NCC2CCCCC2)nc2c(Br)cccc12)C(C)(C)C. The average Bonchev–Trinajstić information content (AvgIpc) is 2.61. The molecule has 2 aromatic rings. The van der Waals surface area contributed by atoms with Gasteiger partial charge in [-0.1, -0.05) is 46.1 Å². The number of aromatic nitrogens is 2. The van der Waals surface area contributed by atoms with E-state index in [-0.39, 0.29) is 5.41 Å². The minimum Gasteiger partial charge on any atom is -0.366 e. The smallest absolute Gasteiger partial charge is 0.225 e. The van der Waals surface area contributed by atoms with E-state index in [4.69, 9.17) is 9.97 Å². The molecule has 0 saturated heterocycles. The van der Waals surface area contributed by atoms with Crippen molar-refractivity contribution in [3.63, 3.8) is 0 Å². The third-order valence-electron chi connectivity index (χ3n) is 5.60. The molecule has 3 rings (SSSR count). The summed E-state index contributed by atoms with van der Waals surface area (Å²) in [5.74, 6) is 2.37. The normalized spacial score (nSPS) is 17.3. The topological polar surface area (TPSA) is 49.8 Å². The van der Waals surface area contributed by atoms with Crippen LogP contribution in [0.3, 0.4) is 0 Å². The van der Waals surface area contributed by atoms with Gasteiger partial charge in [0.2, 0.25) is 5.95 Å². The molecule has 1 fully saturated rings. The fourth-order valence-electron chi connectivity index (χ4n) is 3.35. The molecule has 0 unspecified atom stereocenters. The number of halogens is 1. The predicted octanol–water partition coefficient (Wildman–Crippen LogP) is 6.23. The zero-order chi connectivity index (χ0) is 18.7. The maximum atomic E-state index is 4.83. The van der Waals surface area contributed by atoms with Gasteiger partial charge in [0.1, 0.15) is 5.82 Å². The van der Waals surface area contributed by atoms with Crippen LogP contribution in [0.4, 0.5) is 11.8 Å². The summed E-state index contributed by atoms with van der Waals surface area (Å²) in [7, 11) is 0. The summed E-state index contributed by atoms with van der Waals surface area (Å²) >= 11 is 3.65. The first-order valence-electron chi connectivity index (χ1n) is 9.81. The second-order valence-electron chi connectivity index (χ2n) is 8.65. The Hall–Kier alpha value is -1.36. The predicted molar refractivity (Wildman–Crippen MR) is 115 cm³/mol. The van der Waals surface area contributed by atoms with E-state index in [1.165, 1.54) is 32.1 Å². The maximum Gasteiger partial charge on any atom is 0.225 e. The van der Waals surface area contributed by atoms with Gasteiger partial charge in [-0.2, -0.15) is 4.98 Å². The lowest BCUT2D eigenvalue weighted by Gasteiger charge is -2.29. The van der Waals surface area contributed by atoms with Crippen molar-refractivity contribution in [3.8, 4) is 0 Å². The fraction of sp³-hybridized carbons (Fsp3) is 0.619. The molecule has 0 amide bonds. The second-order valence-corrected chi connectivity index (χ2v) is 9.50. The van der Waals surface area contributed by atoms with Crippen molar-refractivity contribution < 1.29 is 0 Å². The van der Waals surface area contributed by atoms with Gasteiger partial charge in [0.25, 0.3) is 0 Å². The molecule has 1 saturated carbocycles. The van der Waals surface area contributed by atoms with Crippen LogP contribution in [0.1, 0.15) is 59.8 Å². The van der Waals surface area contributed by atoms with Crippen molar-refractivity contribution in [1.82, 2.24) is 9.97 Å². The highest BCUT2D eigenvalue weighted by Crippen LogP contribution is 2.31. The highest BCUT2D eigenvalue weighted by Gasteiger charge is 2.22. The summed E-state index contributed by atoms with van der Waals surface area (Å²) in [6, 6.07) is 6.46. The largest absolute Gasteiger partial charge is 0.366 e. The average molecular weight is 419 g/mol. The van der Waals surface area contributed by atoms with E-state index < -0.39 is 0 Å². The quantitative estimate of drug-likeness (QED) is 0.603. The molecule has 1 aliphatic carbocycles. The lowest BCUT2D eigenvalue weighted by Crippen LogP contribution is -2.31. The lowest BCUT2D eigenvalue weighted by atomic mass is 9.88. The summed E-state index contributed by atoms with van der Waals surface area (Å²) in [5, 5.41) is 8.18. The van der Waals surface area contributed by atoms with Gasteiger partial charge in [-0.15, -0.1) is 0 Å². The number of nitrogens with one attached hydrogen (secondary N) is 2. The lowest BCUT2D eigenvalue weighted by molar-refractivity contribution is 0.359. The van der Waals surface area contributed by atoms with Gasteiger partial charge >= 0.3 is 0 Å². The van der Waals surface area contributed by atoms with Crippen LogP contribution in [0.15, 0.2) is 22.7 Å². The number of rotatable bonds is 5. The van der Waals surface area contributed by atoms with Gasteiger partial charge in [-0.3, -0.25) is 0 Å². The van der Waals surface area contributed by atoms with Crippen molar-refractivity contribution in [2.75, 3.05) is 17.2 Å². The van der Waals surface area contributed by atoms with Gasteiger partial charge < -0.3 is 10.6 Å². The third kappa shape index (κ3) is 4.67. The molecule has 4 nitrogen and oxygen atoms in total. The van der Waals surface area contributed by atoms with Gasteiger partial charge in [0.05, 0.1) is 5.52 Å². The van der Waals surface area contributed by atoms with E-state index in [0.29, 0.717) is 6.04 Å². The highest BCUT2D eigenvalue weighted by molar-refractivity contribution is 9.10. The first kappa shape index (κ1) is 19.4. The van der Waals surface area contributed by atoms with E-state index in [2.05, 4.69) is 60.3 Å². The Bertz CT molecular complexity index is 747. The molecule has 142 valence electrons. The molecule has 0 spiro atoms. The van der Waals surface area contributed by atoms with E-state index >= 15 is 0 Å². The van der Waals surface area contributed by atoms with E-state index in [1.54, 1.807) is 0 Å². The summed E-state index contributed by atoms with van der Waals surface area (Å²) < 4.78 is 1.00. The Balaban J connectivity index is 1.87. The monoisotopic (exact) mass is 418 g/mol. The Labute approximate surface area is 165 Å². The zero-order valence-electron chi connectivity index (χ0n) is 16.4. The molecule has 5 heteroatoms. The molecule has 2 N–H and O–H groups in total. The first-order chi connectivity index (χ1) is 12.3. The molecule has 1 aromatic heterocycles. The van der Waals surface area contributed by atoms with Gasteiger partial charge in [-0.25, -0.2) is 4.98 Å². The molecule has 0 aliphatic heterocycles. The molecule has 1 heterocycles. The molecule has 1 aromatic carbocycles. The number of fused-ring (bicyclic) bond motifs is 1. The standard InChI is InChI=1S/C21H31BrN4/c1-14(21(2,3)4)24-19-16-11-8-12-17(22)18(16)25-20(26-19)23-13-15-9-6-5-7-10-15/h8,11-12,14-15H,5-7,9-10,13H2,1-4H3,(H2,23,24,25,26)/t14-/m1/s1. The molecule has 1 atom stereocenters. The fourth-order valence-corrected chi connectivity index (χ4v) is 3.81. The van der Waals surface area contributed by atoms with E-state index in [1.807, 2.05) is 12.1 Å². The van der Waals surface area contributed by atoms with Crippen LogP contribution >= 0.6 is 15.9 Å². The van der Waals surface area contributed by atoms with E-state index in [9.17, 15) is 0 Å². The van der Waals surface area contributed by atoms with Crippen LogP contribution in [0, 0.1) is 11.3 Å². The van der Waals surface area contributed by atoms with Crippen LogP contribution in [-0.4, -0.2) is 22.6 Å². The van der Waals surface area contributed by atoms with Crippen LogP contribution in [0.5, 0.6) is 0 Å². The third-order valence-corrected chi connectivity index (χ3v) is 6.24.